The summed E-state index contributed by atoms with van der Waals surface area (Å²) in [6, 6.07) is 7.33. The quantitative estimate of drug-likeness (QED) is 0.459. The molecule has 0 bridgehead atoms. The second kappa shape index (κ2) is 5.65. The fourth-order valence-corrected chi connectivity index (χ4v) is 2.06. The molecule has 2 rings (SSSR count). The van der Waals surface area contributed by atoms with E-state index in [-0.39, 0.29) is 12.3 Å². The van der Waals surface area contributed by atoms with Crippen molar-refractivity contribution in [1.82, 2.24) is 14.8 Å². The Kier molecular flexibility index (Phi) is 3.94. The van der Waals surface area contributed by atoms with Crippen LogP contribution in [0, 0.1) is 21.9 Å². The third-order valence-electron chi connectivity index (χ3n) is 2.42. The van der Waals surface area contributed by atoms with Crippen LogP contribution in [0.15, 0.2) is 24.3 Å². The molecule has 7 heteroatoms. The summed E-state index contributed by atoms with van der Waals surface area (Å²) in [4.78, 5) is 11.0. The van der Waals surface area contributed by atoms with E-state index < -0.39 is 0 Å². The molecule has 0 atom stereocenters. The molecule has 1 heterocycles. The van der Waals surface area contributed by atoms with Crippen LogP contribution in [0.2, 0.25) is 0 Å². The van der Waals surface area contributed by atoms with Gasteiger partial charge < -0.3 is 5.32 Å². The largest absolute Gasteiger partial charge is 0.377 e. The lowest BCUT2D eigenvalue weighted by molar-refractivity contribution is -0.112. The van der Waals surface area contributed by atoms with Crippen LogP contribution in [0.3, 0.4) is 0 Å². The lowest BCUT2D eigenvalue weighted by Crippen LogP contribution is -2.11. The summed E-state index contributed by atoms with van der Waals surface area (Å²) in [7, 11) is 0. The van der Waals surface area contributed by atoms with Crippen molar-refractivity contribution in [2.24, 2.45) is 0 Å². The highest BCUT2D eigenvalue weighted by Gasteiger charge is 2.02. The van der Waals surface area contributed by atoms with Crippen LogP contribution in [-0.4, -0.2) is 27.1 Å². The van der Waals surface area contributed by atoms with Crippen LogP contribution in [-0.2, 0) is 4.79 Å². The van der Waals surface area contributed by atoms with E-state index in [9.17, 15) is 4.79 Å². The highest BCUT2D eigenvalue weighted by molar-refractivity contribution is 7.72. The number of Topliss-reactive ketones (excluding diaryl/α,β-unsaturated/α-hetero) is 1. The van der Waals surface area contributed by atoms with Crippen molar-refractivity contribution in [3.63, 3.8) is 0 Å². The molecular formula is C12H10N4OS2. The molecule has 0 saturated carbocycles. The number of hydrogen-bond donors (Lipinski definition) is 3. The van der Waals surface area contributed by atoms with Crippen LogP contribution in [0.4, 0.5) is 5.69 Å². The van der Waals surface area contributed by atoms with Crippen LogP contribution < -0.4 is 5.32 Å². The molecule has 96 valence electrons. The summed E-state index contributed by atoms with van der Waals surface area (Å²) in [5.74, 6) is 1.75. The smallest absolute Gasteiger partial charge is 0.224 e. The van der Waals surface area contributed by atoms with Gasteiger partial charge in [-0.05, 0) is 54.6 Å². The van der Waals surface area contributed by atoms with E-state index in [4.69, 9.17) is 30.9 Å². The number of carbonyl (C=O) groups excluding carboxylic acids is 1. The maximum Gasteiger partial charge on any atom is 0.224 e. The zero-order valence-electron chi connectivity index (χ0n) is 9.77. The van der Waals surface area contributed by atoms with Crippen LogP contribution in [0.25, 0.3) is 5.69 Å². The normalized spacial score (nSPS) is 9.84. The highest BCUT2D eigenvalue weighted by atomic mass is 32.1. The first-order chi connectivity index (χ1) is 9.11. The van der Waals surface area contributed by atoms with Crippen molar-refractivity contribution in [1.29, 1.82) is 0 Å². The molecular weight excluding hydrogens is 280 g/mol. The molecule has 2 aromatic rings. The molecule has 0 aliphatic carbocycles. The first-order valence-corrected chi connectivity index (χ1v) is 6.17. The minimum absolute atomic E-state index is 0.111. The van der Waals surface area contributed by atoms with Gasteiger partial charge in [0.05, 0.1) is 12.2 Å². The van der Waals surface area contributed by atoms with E-state index in [0.717, 1.165) is 11.4 Å². The Morgan fingerprint density at radius 1 is 1.26 bits per heavy atom. The monoisotopic (exact) mass is 290 g/mol. The first-order valence-electron chi connectivity index (χ1n) is 5.35. The van der Waals surface area contributed by atoms with Gasteiger partial charge in [-0.25, -0.2) is 0 Å². The van der Waals surface area contributed by atoms with Gasteiger partial charge in [0, 0.05) is 5.69 Å². The van der Waals surface area contributed by atoms with Crippen molar-refractivity contribution in [2.45, 2.75) is 0 Å². The second-order valence-corrected chi connectivity index (χ2v) is 4.44. The molecule has 0 aliphatic rings. The molecule has 3 N–H and O–H groups in total. The lowest BCUT2D eigenvalue weighted by Gasteiger charge is -2.05. The molecule has 0 amide bonds. The zero-order chi connectivity index (χ0) is 13.8. The number of ketones is 1. The van der Waals surface area contributed by atoms with Gasteiger partial charge >= 0.3 is 0 Å². The van der Waals surface area contributed by atoms with E-state index in [0.29, 0.717) is 9.54 Å². The molecule has 19 heavy (non-hydrogen) atoms. The maximum atomic E-state index is 11.0. The lowest BCUT2D eigenvalue weighted by atomic mass is 10.2. The summed E-state index contributed by atoms with van der Waals surface area (Å²) < 4.78 is 2.68. The number of aromatic nitrogens is 3. The number of aromatic amines is 2. The molecule has 1 aromatic heterocycles. The zero-order valence-corrected chi connectivity index (χ0v) is 11.4. The number of H-pyrrole nitrogens is 2. The second-order valence-electron chi connectivity index (χ2n) is 3.66. The minimum Gasteiger partial charge on any atom is -0.377 e. The van der Waals surface area contributed by atoms with Gasteiger partial charge in [0.15, 0.2) is 9.54 Å². The Morgan fingerprint density at radius 3 is 2.37 bits per heavy atom. The van der Waals surface area contributed by atoms with Gasteiger partial charge in [-0.15, -0.1) is 6.42 Å². The number of anilines is 1. The van der Waals surface area contributed by atoms with Crippen LogP contribution >= 0.6 is 24.4 Å². The topological polar surface area (TPSA) is 65.6 Å². The van der Waals surface area contributed by atoms with Gasteiger partial charge in [0.1, 0.15) is 0 Å². The van der Waals surface area contributed by atoms with E-state index in [1.807, 2.05) is 30.2 Å². The van der Waals surface area contributed by atoms with Crippen molar-refractivity contribution in [3.8, 4) is 18.0 Å². The molecule has 0 aliphatic heterocycles. The molecule has 0 radical (unpaired) electrons. The molecule has 0 fully saturated rings. The maximum absolute atomic E-state index is 11.0. The average Bonchev–Trinajstić information content (AvgIpc) is 2.76. The molecule has 0 spiro atoms. The fraction of sp³-hybridized carbons (Fsp3) is 0.0833. The van der Waals surface area contributed by atoms with Crippen molar-refractivity contribution in [3.05, 3.63) is 33.8 Å². The van der Waals surface area contributed by atoms with Crippen molar-refractivity contribution in [2.75, 3.05) is 11.9 Å². The van der Waals surface area contributed by atoms with E-state index >= 15 is 0 Å². The Bertz CT molecular complexity index is 718. The summed E-state index contributed by atoms with van der Waals surface area (Å²) in [6.07, 6.45) is 4.98. The number of hydrogen-bond acceptors (Lipinski definition) is 4. The van der Waals surface area contributed by atoms with E-state index in [1.165, 1.54) is 0 Å². The van der Waals surface area contributed by atoms with E-state index in [1.54, 1.807) is 4.57 Å². The Morgan fingerprint density at radius 2 is 1.84 bits per heavy atom. The predicted octanol–water partition coefficient (Wildman–Crippen LogP) is 2.21. The number of terminal acetylenes is 1. The summed E-state index contributed by atoms with van der Waals surface area (Å²) in [5.41, 5.74) is 1.63. The Hall–Kier alpha value is -2.17. The third-order valence-corrected chi connectivity index (χ3v) is 2.99. The number of benzene rings is 1. The Labute approximate surface area is 119 Å². The number of carbonyl (C=O) groups is 1. The molecule has 1 aromatic carbocycles. The van der Waals surface area contributed by atoms with Crippen LogP contribution in [0.1, 0.15) is 0 Å². The summed E-state index contributed by atoms with van der Waals surface area (Å²) in [6.45, 7) is 0.111. The third kappa shape index (κ3) is 2.99. The Balaban J connectivity index is 2.20. The predicted molar refractivity (Wildman–Crippen MR) is 78.5 cm³/mol. The molecule has 5 nitrogen and oxygen atoms in total. The van der Waals surface area contributed by atoms with Gasteiger partial charge in [-0.2, -0.15) is 0 Å². The standard InChI is InChI=1S/C12H10N4OS2/c1-2-10(17)7-13-8-3-5-9(6-4-8)16-11(18)14-15-12(16)19/h1,3-6,13H,7H2,(H,14,18)(H,15,19). The van der Waals surface area contributed by atoms with Crippen molar-refractivity contribution < 1.29 is 4.79 Å². The number of nitrogens with zero attached hydrogens (tertiary/aromatic N) is 1. The van der Waals surface area contributed by atoms with Gasteiger partial charge in [0.25, 0.3) is 0 Å². The SMILES string of the molecule is C#CC(=O)CNc1ccc(-n2c(=S)[nH][nH]c2=S)cc1. The summed E-state index contributed by atoms with van der Waals surface area (Å²) >= 11 is 10.2. The van der Waals surface area contributed by atoms with Crippen molar-refractivity contribution >= 4 is 35.9 Å². The minimum atomic E-state index is -0.292. The fourth-order valence-electron chi connectivity index (χ4n) is 1.51. The van der Waals surface area contributed by atoms with Gasteiger partial charge in [-0.1, -0.05) is 0 Å². The highest BCUT2D eigenvalue weighted by Crippen LogP contribution is 2.13. The number of nitrogens with one attached hydrogen (secondary N) is 3. The molecule has 0 saturated heterocycles. The average molecular weight is 290 g/mol. The first kappa shape index (κ1) is 13.3. The summed E-state index contributed by atoms with van der Waals surface area (Å²) in [5, 5.41) is 8.46. The number of rotatable bonds is 4. The molecule has 0 unspecified atom stereocenters. The van der Waals surface area contributed by atoms with E-state index in [2.05, 4.69) is 15.5 Å². The van der Waals surface area contributed by atoms with Crippen LogP contribution in [0.5, 0.6) is 0 Å². The van der Waals surface area contributed by atoms with Gasteiger partial charge in [0.2, 0.25) is 5.78 Å². The van der Waals surface area contributed by atoms with Gasteiger partial charge in [-0.3, -0.25) is 19.6 Å².